The minimum absolute atomic E-state index is 0.0364. The summed E-state index contributed by atoms with van der Waals surface area (Å²) in [6.07, 6.45) is 2.93. The van der Waals surface area contributed by atoms with Crippen molar-refractivity contribution in [1.29, 1.82) is 0 Å². The number of carbonyl (C=O) groups is 1. The van der Waals surface area contributed by atoms with Crippen LogP contribution in [0, 0.1) is 24.1 Å². The van der Waals surface area contributed by atoms with Crippen LogP contribution in [-0.4, -0.2) is 12.1 Å². The van der Waals surface area contributed by atoms with Gasteiger partial charge in [-0.2, -0.15) is 0 Å². The molecule has 0 saturated heterocycles. The third-order valence-corrected chi connectivity index (χ3v) is 4.03. The Morgan fingerprint density at radius 1 is 1.35 bits per heavy atom. The minimum Gasteiger partial charge on any atom is -0.459 e. The molecule has 0 N–H and O–H groups in total. The van der Waals surface area contributed by atoms with E-state index in [4.69, 9.17) is 4.74 Å². The first-order valence-electron chi connectivity index (χ1n) is 7.24. The highest BCUT2D eigenvalue weighted by Crippen LogP contribution is 2.39. The van der Waals surface area contributed by atoms with Crippen LogP contribution in [0.2, 0.25) is 0 Å². The van der Waals surface area contributed by atoms with Crippen LogP contribution in [0.5, 0.6) is 0 Å². The maximum absolute atomic E-state index is 13.1. The second kappa shape index (κ2) is 5.55. The second-order valence-corrected chi connectivity index (χ2v) is 6.90. The van der Waals surface area contributed by atoms with Crippen molar-refractivity contribution < 1.29 is 13.9 Å². The predicted octanol–water partition coefficient (Wildman–Crippen LogP) is 4.51. The normalized spacial score (nSPS) is 25.2. The van der Waals surface area contributed by atoms with Gasteiger partial charge in [0.05, 0.1) is 5.56 Å². The van der Waals surface area contributed by atoms with Crippen LogP contribution in [0.25, 0.3) is 0 Å². The number of carbonyl (C=O) groups excluding carboxylic acids is 1. The van der Waals surface area contributed by atoms with Gasteiger partial charge in [-0.15, -0.1) is 0 Å². The van der Waals surface area contributed by atoms with Crippen LogP contribution in [-0.2, 0) is 4.74 Å². The van der Waals surface area contributed by atoms with E-state index in [-0.39, 0.29) is 23.3 Å². The van der Waals surface area contributed by atoms with Crippen molar-refractivity contribution >= 4 is 5.97 Å². The average Bonchev–Trinajstić information content (AvgIpc) is 2.25. The highest BCUT2D eigenvalue weighted by atomic mass is 19.1. The number of hydrogen-bond donors (Lipinski definition) is 0. The summed E-state index contributed by atoms with van der Waals surface area (Å²) >= 11 is 0. The number of aryl methyl sites for hydroxylation is 1. The van der Waals surface area contributed by atoms with Gasteiger partial charge in [0.1, 0.15) is 11.9 Å². The number of esters is 1. The molecule has 2 rings (SSSR count). The van der Waals surface area contributed by atoms with E-state index in [0.29, 0.717) is 17.0 Å². The SMILES string of the molecule is Cc1cc(F)ccc1C(=O)OC1CC(C)CC(C)(C)C1. The van der Waals surface area contributed by atoms with Crippen LogP contribution >= 0.6 is 0 Å². The monoisotopic (exact) mass is 278 g/mol. The van der Waals surface area contributed by atoms with E-state index in [1.807, 2.05) is 0 Å². The third-order valence-electron chi connectivity index (χ3n) is 4.03. The molecule has 110 valence electrons. The lowest BCUT2D eigenvalue weighted by molar-refractivity contribution is -0.00720. The molecule has 1 fully saturated rings. The summed E-state index contributed by atoms with van der Waals surface area (Å²) in [5.74, 6) is -0.102. The van der Waals surface area contributed by atoms with Crippen molar-refractivity contribution in [1.82, 2.24) is 0 Å². The molecule has 0 spiro atoms. The van der Waals surface area contributed by atoms with Crippen LogP contribution in [0.3, 0.4) is 0 Å². The Hall–Kier alpha value is -1.38. The Balaban J connectivity index is 2.07. The summed E-state index contributed by atoms with van der Waals surface area (Å²) in [4.78, 5) is 12.2. The van der Waals surface area contributed by atoms with Gasteiger partial charge in [-0.3, -0.25) is 0 Å². The predicted molar refractivity (Wildman–Crippen MR) is 77.1 cm³/mol. The van der Waals surface area contributed by atoms with Gasteiger partial charge >= 0.3 is 5.97 Å². The van der Waals surface area contributed by atoms with E-state index in [9.17, 15) is 9.18 Å². The molecular weight excluding hydrogens is 255 g/mol. The standard InChI is InChI=1S/C17H23FO2/c1-11-7-14(10-17(3,4)9-11)20-16(19)15-6-5-13(18)8-12(15)2/h5-6,8,11,14H,7,9-10H2,1-4H3. The zero-order valence-electron chi connectivity index (χ0n) is 12.7. The second-order valence-electron chi connectivity index (χ2n) is 6.90. The lowest BCUT2D eigenvalue weighted by atomic mass is 9.71. The van der Waals surface area contributed by atoms with Gasteiger partial charge in [0.15, 0.2) is 0 Å². The zero-order chi connectivity index (χ0) is 14.9. The van der Waals surface area contributed by atoms with Gasteiger partial charge in [-0.05, 0) is 61.3 Å². The molecule has 1 aromatic carbocycles. The molecule has 0 aliphatic heterocycles. The number of rotatable bonds is 2. The summed E-state index contributed by atoms with van der Waals surface area (Å²) in [6.45, 7) is 8.36. The molecule has 0 amide bonds. The molecule has 2 nitrogen and oxygen atoms in total. The molecule has 2 unspecified atom stereocenters. The van der Waals surface area contributed by atoms with Crippen LogP contribution in [0.4, 0.5) is 4.39 Å². The Morgan fingerprint density at radius 3 is 2.65 bits per heavy atom. The van der Waals surface area contributed by atoms with Gasteiger partial charge in [0.2, 0.25) is 0 Å². The quantitative estimate of drug-likeness (QED) is 0.744. The maximum atomic E-state index is 13.1. The van der Waals surface area contributed by atoms with Crippen LogP contribution < -0.4 is 0 Å². The molecule has 1 aliphatic rings. The molecule has 3 heteroatoms. The Labute approximate surface area is 120 Å². The number of hydrogen-bond acceptors (Lipinski definition) is 2. The summed E-state index contributed by atoms with van der Waals surface area (Å²) in [5.41, 5.74) is 1.29. The molecule has 1 aromatic rings. The fourth-order valence-corrected chi connectivity index (χ4v) is 3.42. The van der Waals surface area contributed by atoms with E-state index >= 15 is 0 Å². The van der Waals surface area contributed by atoms with Gasteiger partial charge in [-0.1, -0.05) is 20.8 Å². The first-order chi connectivity index (χ1) is 9.27. The van der Waals surface area contributed by atoms with Crippen molar-refractivity contribution in [3.05, 3.63) is 35.1 Å². The molecule has 20 heavy (non-hydrogen) atoms. The van der Waals surface area contributed by atoms with Crippen molar-refractivity contribution in [3.8, 4) is 0 Å². The van der Waals surface area contributed by atoms with Crippen LogP contribution in [0.15, 0.2) is 18.2 Å². The Bertz CT molecular complexity index is 508. The lowest BCUT2D eigenvalue weighted by Crippen LogP contribution is -2.34. The van der Waals surface area contributed by atoms with Gasteiger partial charge in [-0.25, -0.2) is 9.18 Å². The summed E-state index contributed by atoms with van der Waals surface area (Å²) in [5, 5.41) is 0. The summed E-state index contributed by atoms with van der Waals surface area (Å²) in [7, 11) is 0. The highest BCUT2D eigenvalue weighted by Gasteiger charge is 2.34. The van der Waals surface area contributed by atoms with Gasteiger partial charge in [0, 0.05) is 0 Å². The highest BCUT2D eigenvalue weighted by molar-refractivity contribution is 5.91. The third kappa shape index (κ3) is 3.59. The zero-order valence-corrected chi connectivity index (χ0v) is 12.7. The molecule has 0 radical (unpaired) electrons. The summed E-state index contributed by atoms with van der Waals surface area (Å²) < 4.78 is 18.7. The number of ether oxygens (including phenoxy) is 1. The van der Waals surface area contributed by atoms with E-state index in [0.717, 1.165) is 19.3 Å². The van der Waals surface area contributed by atoms with E-state index < -0.39 is 0 Å². The fourth-order valence-electron chi connectivity index (χ4n) is 3.42. The largest absolute Gasteiger partial charge is 0.459 e. The molecule has 0 aromatic heterocycles. The van der Waals surface area contributed by atoms with E-state index in [2.05, 4.69) is 20.8 Å². The molecule has 0 heterocycles. The molecule has 1 aliphatic carbocycles. The first kappa shape index (κ1) is 15.0. The first-order valence-corrected chi connectivity index (χ1v) is 7.24. The lowest BCUT2D eigenvalue weighted by Gasteiger charge is -2.38. The van der Waals surface area contributed by atoms with Crippen molar-refractivity contribution in [2.24, 2.45) is 11.3 Å². The Kier molecular flexibility index (Phi) is 4.17. The maximum Gasteiger partial charge on any atom is 0.338 e. The van der Waals surface area contributed by atoms with Gasteiger partial charge < -0.3 is 4.74 Å². The molecule has 0 bridgehead atoms. The molecule has 1 saturated carbocycles. The summed E-state index contributed by atoms with van der Waals surface area (Å²) in [6, 6.07) is 4.17. The smallest absolute Gasteiger partial charge is 0.338 e. The van der Waals surface area contributed by atoms with Gasteiger partial charge in [0.25, 0.3) is 0 Å². The number of halogens is 1. The average molecular weight is 278 g/mol. The topological polar surface area (TPSA) is 26.3 Å². The van der Waals surface area contributed by atoms with Crippen molar-refractivity contribution in [2.75, 3.05) is 0 Å². The minimum atomic E-state index is -0.336. The van der Waals surface area contributed by atoms with Crippen molar-refractivity contribution in [3.63, 3.8) is 0 Å². The fraction of sp³-hybridized carbons (Fsp3) is 0.588. The van der Waals surface area contributed by atoms with Crippen molar-refractivity contribution in [2.45, 2.75) is 53.1 Å². The van der Waals surface area contributed by atoms with E-state index in [1.54, 1.807) is 6.92 Å². The Morgan fingerprint density at radius 2 is 2.05 bits per heavy atom. The molecule has 2 atom stereocenters. The van der Waals surface area contributed by atoms with E-state index in [1.165, 1.54) is 18.2 Å². The van der Waals surface area contributed by atoms with Crippen LogP contribution in [0.1, 0.15) is 56.0 Å². The number of benzene rings is 1. The molecular formula is C17H23FO2.